The number of nitrogens with two attached hydrogens (primary N) is 1. The number of aromatic nitrogens is 3. The van der Waals surface area contributed by atoms with Gasteiger partial charge in [-0.3, -0.25) is 19.8 Å². The van der Waals surface area contributed by atoms with E-state index in [0.717, 1.165) is 30.7 Å². The minimum absolute atomic E-state index is 0.0384. The van der Waals surface area contributed by atoms with Gasteiger partial charge in [0.15, 0.2) is 0 Å². The smallest absolute Gasteiger partial charge is 0.282 e. The molecule has 2 aliphatic carbocycles. The van der Waals surface area contributed by atoms with Gasteiger partial charge in [-0.25, -0.2) is 22.0 Å². The monoisotopic (exact) mass is 583 g/mol. The Hall–Kier alpha value is -4.16. The van der Waals surface area contributed by atoms with Gasteiger partial charge in [-0.05, 0) is 72.6 Å². The number of fused-ring (bicyclic) bond motifs is 3. The maximum Gasteiger partial charge on any atom is 0.282 e. The van der Waals surface area contributed by atoms with Crippen LogP contribution in [0.1, 0.15) is 63.4 Å². The first-order valence-electron chi connectivity index (χ1n) is 13.4. The van der Waals surface area contributed by atoms with Crippen LogP contribution in [0.2, 0.25) is 0 Å². The van der Waals surface area contributed by atoms with E-state index in [2.05, 4.69) is 15.4 Å². The molecule has 0 saturated heterocycles. The first-order chi connectivity index (χ1) is 20.1. The molecule has 2 aliphatic rings. The lowest BCUT2D eigenvalue weighted by molar-refractivity contribution is 0.0960. The van der Waals surface area contributed by atoms with Crippen molar-refractivity contribution in [2.75, 3.05) is 0 Å². The first kappa shape index (κ1) is 28.0. The number of benzene rings is 2. The van der Waals surface area contributed by atoms with E-state index in [9.17, 15) is 31.9 Å². The third-order valence-electron chi connectivity index (χ3n) is 7.90. The van der Waals surface area contributed by atoms with Crippen LogP contribution in [0.5, 0.6) is 0 Å². The SMILES string of the molecule is NC(=O)c1cc(-c2cccnc2[C@H](Cc2cc(F)cc(F)c2)NC(O)Cn2nc(C(F)F)c3c2C[C@@H]2C[C@H]32)ccc1F. The van der Waals surface area contributed by atoms with Gasteiger partial charge in [0.1, 0.15) is 29.4 Å². The average molecular weight is 584 g/mol. The summed E-state index contributed by atoms with van der Waals surface area (Å²) in [4.78, 5) is 16.3. The molecule has 4 aromatic rings. The van der Waals surface area contributed by atoms with E-state index in [4.69, 9.17) is 5.73 Å². The molecule has 1 amide bonds. The maximum absolute atomic E-state index is 14.2. The molecule has 2 heterocycles. The van der Waals surface area contributed by atoms with E-state index in [1.807, 2.05) is 0 Å². The van der Waals surface area contributed by atoms with Crippen molar-refractivity contribution in [3.63, 3.8) is 0 Å². The number of hydrogen-bond donors (Lipinski definition) is 3. The molecular weight excluding hydrogens is 557 g/mol. The fourth-order valence-electron chi connectivity index (χ4n) is 6.01. The van der Waals surface area contributed by atoms with Gasteiger partial charge in [-0.15, -0.1) is 0 Å². The van der Waals surface area contributed by atoms with Crippen molar-refractivity contribution in [1.82, 2.24) is 20.1 Å². The van der Waals surface area contributed by atoms with Gasteiger partial charge >= 0.3 is 0 Å². The van der Waals surface area contributed by atoms with E-state index in [1.165, 1.54) is 23.0 Å². The Morgan fingerprint density at radius 3 is 2.57 bits per heavy atom. The number of alkyl halides is 2. The molecule has 0 aliphatic heterocycles. The lowest BCUT2D eigenvalue weighted by Crippen LogP contribution is -2.38. The molecule has 218 valence electrons. The summed E-state index contributed by atoms with van der Waals surface area (Å²) in [7, 11) is 0. The fourth-order valence-corrected chi connectivity index (χ4v) is 6.01. The van der Waals surface area contributed by atoms with Crippen LogP contribution < -0.4 is 11.1 Å². The Labute approximate surface area is 237 Å². The Balaban J connectivity index is 1.35. The van der Waals surface area contributed by atoms with Gasteiger partial charge in [-0.2, -0.15) is 5.10 Å². The lowest BCUT2D eigenvalue weighted by atomic mass is 9.94. The summed E-state index contributed by atoms with van der Waals surface area (Å²) in [5, 5.41) is 18.3. The highest BCUT2D eigenvalue weighted by Gasteiger charge is 2.50. The Bertz CT molecular complexity index is 1660. The number of halogens is 5. The summed E-state index contributed by atoms with van der Waals surface area (Å²) in [6.07, 6.45) is -1.17. The number of aliphatic hydroxyl groups excluding tert-OH is 1. The van der Waals surface area contributed by atoms with Gasteiger partial charge < -0.3 is 10.8 Å². The van der Waals surface area contributed by atoms with Crippen molar-refractivity contribution in [1.29, 1.82) is 0 Å². The maximum atomic E-state index is 14.2. The van der Waals surface area contributed by atoms with Crippen LogP contribution in [-0.2, 0) is 19.4 Å². The van der Waals surface area contributed by atoms with Crippen LogP contribution in [-0.4, -0.2) is 32.0 Å². The number of carbonyl (C=O) groups is 1. The summed E-state index contributed by atoms with van der Waals surface area (Å²) < 4.78 is 71.3. The molecule has 4 atom stereocenters. The van der Waals surface area contributed by atoms with Gasteiger partial charge in [0.2, 0.25) is 0 Å². The van der Waals surface area contributed by atoms with E-state index in [1.54, 1.807) is 12.1 Å². The zero-order chi connectivity index (χ0) is 29.7. The van der Waals surface area contributed by atoms with Crippen LogP contribution in [0.4, 0.5) is 22.0 Å². The zero-order valence-electron chi connectivity index (χ0n) is 22.1. The van der Waals surface area contributed by atoms with Crippen LogP contribution in [0.3, 0.4) is 0 Å². The second-order valence-corrected chi connectivity index (χ2v) is 10.7. The molecule has 1 saturated carbocycles. The topological polar surface area (TPSA) is 106 Å². The third kappa shape index (κ3) is 5.39. The highest BCUT2D eigenvalue weighted by molar-refractivity contribution is 5.94. The molecular formula is C30H26F5N5O2. The van der Waals surface area contributed by atoms with Crippen LogP contribution >= 0.6 is 0 Å². The molecule has 0 bridgehead atoms. The summed E-state index contributed by atoms with van der Waals surface area (Å²) in [5.41, 5.74) is 7.41. The summed E-state index contributed by atoms with van der Waals surface area (Å²) >= 11 is 0. The molecule has 12 heteroatoms. The standard InChI is InChI=1S/C30H26F5N5O2/c31-17-6-14(7-18(32)12-17)8-23(27-19(2-1-5-37-27)15-3-4-22(33)21(9-15)30(36)42)38-25(41)13-40-24-11-16-10-20(16)26(24)28(39-40)29(34)35/h1-7,9,12,16,20,23,25,29,38,41H,8,10-11,13H2,(H2,36,42)/t16-,20-,23-,25?/m0/s1. The molecule has 6 rings (SSSR count). The number of aliphatic hydroxyl groups is 1. The Kier molecular flexibility index (Phi) is 7.27. The molecule has 1 fully saturated rings. The van der Waals surface area contributed by atoms with Crippen molar-refractivity contribution in [3.05, 3.63) is 106 Å². The highest BCUT2D eigenvalue weighted by Crippen LogP contribution is 2.58. The number of pyridine rings is 1. The Morgan fingerprint density at radius 1 is 1.10 bits per heavy atom. The van der Waals surface area contributed by atoms with Crippen molar-refractivity contribution >= 4 is 5.91 Å². The van der Waals surface area contributed by atoms with Crippen molar-refractivity contribution in [2.24, 2.45) is 11.7 Å². The van der Waals surface area contributed by atoms with Crippen molar-refractivity contribution in [3.8, 4) is 11.1 Å². The molecule has 0 radical (unpaired) electrons. The molecule has 7 nitrogen and oxygen atoms in total. The third-order valence-corrected chi connectivity index (χ3v) is 7.90. The number of primary amides is 1. The Morgan fingerprint density at radius 2 is 1.86 bits per heavy atom. The average Bonchev–Trinajstić information content (AvgIpc) is 3.45. The van der Waals surface area contributed by atoms with Gasteiger partial charge in [0.05, 0.1) is 23.8 Å². The van der Waals surface area contributed by atoms with Gasteiger partial charge in [0.25, 0.3) is 12.3 Å². The number of carbonyl (C=O) groups excluding carboxylic acids is 1. The van der Waals surface area contributed by atoms with Gasteiger partial charge in [-0.1, -0.05) is 12.1 Å². The molecule has 0 spiro atoms. The van der Waals surface area contributed by atoms with Crippen LogP contribution in [0, 0.1) is 23.4 Å². The van der Waals surface area contributed by atoms with Crippen LogP contribution in [0.25, 0.3) is 11.1 Å². The van der Waals surface area contributed by atoms with Crippen molar-refractivity contribution in [2.45, 2.75) is 50.4 Å². The molecule has 1 unspecified atom stereocenters. The molecule has 4 N–H and O–H groups in total. The second-order valence-electron chi connectivity index (χ2n) is 10.7. The zero-order valence-corrected chi connectivity index (χ0v) is 22.1. The first-order valence-corrected chi connectivity index (χ1v) is 13.4. The van der Waals surface area contributed by atoms with Crippen molar-refractivity contribution < 1.29 is 31.9 Å². The molecule has 42 heavy (non-hydrogen) atoms. The van der Waals surface area contributed by atoms with E-state index in [-0.39, 0.29) is 35.7 Å². The number of rotatable bonds is 10. The predicted octanol–water partition coefficient (Wildman–Crippen LogP) is 4.95. The quantitative estimate of drug-likeness (QED) is 0.181. The number of amides is 1. The summed E-state index contributed by atoms with van der Waals surface area (Å²) in [5.74, 6) is -2.95. The largest absolute Gasteiger partial charge is 0.377 e. The minimum Gasteiger partial charge on any atom is -0.377 e. The number of hydrogen-bond acceptors (Lipinski definition) is 5. The minimum atomic E-state index is -2.74. The van der Waals surface area contributed by atoms with Gasteiger partial charge in [0, 0.05) is 29.1 Å². The normalized spacial score (nSPS) is 18.5. The number of nitrogens with one attached hydrogen (secondary N) is 1. The van der Waals surface area contributed by atoms with E-state index >= 15 is 0 Å². The number of nitrogens with zero attached hydrogens (tertiary/aromatic N) is 3. The van der Waals surface area contributed by atoms with E-state index in [0.29, 0.717) is 40.4 Å². The van der Waals surface area contributed by atoms with Crippen LogP contribution in [0.15, 0.2) is 54.7 Å². The highest BCUT2D eigenvalue weighted by atomic mass is 19.3. The van der Waals surface area contributed by atoms with E-state index < -0.39 is 42.1 Å². The lowest BCUT2D eigenvalue weighted by Gasteiger charge is -2.25. The summed E-state index contributed by atoms with van der Waals surface area (Å²) in [6, 6.07) is 9.25. The molecule has 2 aromatic carbocycles. The fraction of sp³-hybridized carbons (Fsp3) is 0.300. The molecule has 2 aromatic heterocycles. The second kappa shape index (κ2) is 10.9. The predicted molar refractivity (Wildman–Crippen MR) is 142 cm³/mol. The summed E-state index contributed by atoms with van der Waals surface area (Å²) in [6.45, 7) is -0.160.